The van der Waals surface area contributed by atoms with Crippen LogP contribution in [0.3, 0.4) is 0 Å². The average molecular weight is 180 g/mol. The molecule has 0 spiro atoms. The first-order valence-electron chi connectivity index (χ1n) is 2.83. The Bertz CT molecular complexity index is 9.22. The number of nitrogens with two attached hydrogens (primary N) is 1. The van der Waals surface area contributed by atoms with E-state index in [4.69, 9.17) is 0 Å². The molecule has 0 aromatic heterocycles. The van der Waals surface area contributed by atoms with Gasteiger partial charge in [0.25, 0.3) is 0 Å². The van der Waals surface area contributed by atoms with E-state index in [1.807, 2.05) is 0 Å². The van der Waals surface area contributed by atoms with Gasteiger partial charge in [-0.2, -0.15) is 27.7 Å². The van der Waals surface area contributed by atoms with Crippen LogP contribution in [0.1, 0.15) is 27.7 Å². The van der Waals surface area contributed by atoms with E-state index in [1.165, 1.54) is 0 Å². The molecule has 0 aromatic rings. The van der Waals surface area contributed by atoms with Gasteiger partial charge in [-0.1, -0.05) is 0 Å². The summed E-state index contributed by atoms with van der Waals surface area (Å²) < 4.78 is 0. The Hall–Kier alpha value is 0.674. The molecule has 0 aromatic carbocycles. The molecular weight excluding hydrogens is 158 g/mol. The molecule has 2 N–H and O–H groups in total. The van der Waals surface area contributed by atoms with Crippen LogP contribution in [0.25, 0.3) is 6.15 Å². The second-order valence-electron chi connectivity index (χ2n) is 0. The minimum Gasteiger partial charge on any atom is -0.693 e. The van der Waals surface area contributed by atoms with Crippen molar-refractivity contribution in [2.75, 3.05) is 0 Å². The van der Waals surface area contributed by atoms with Crippen LogP contribution in [0.2, 0.25) is 0 Å². The number of hydrogen-bond donors (Lipinski definition) is 0. The zero-order valence-electron chi connectivity index (χ0n) is 7.91. The summed E-state index contributed by atoms with van der Waals surface area (Å²) in [5, 5.41) is 0. The maximum atomic E-state index is 3.25. The third kappa shape index (κ3) is 1120. The smallest absolute Gasteiger partial charge is 0 e. The van der Waals surface area contributed by atoms with Gasteiger partial charge in [0, 0.05) is 21.7 Å². The van der Waals surface area contributed by atoms with E-state index in [1.54, 1.807) is 27.7 Å². The van der Waals surface area contributed by atoms with Crippen molar-refractivity contribution in [3.05, 3.63) is 33.8 Å². The predicted octanol–water partition coefficient (Wildman–Crippen LogP) is 4.08. The maximum absolute atomic E-state index is 3.25. The molecule has 10 heavy (non-hydrogen) atoms. The van der Waals surface area contributed by atoms with Crippen molar-refractivity contribution in [1.29, 1.82) is 0 Å². The molecule has 0 heterocycles. The van der Waals surface area contributed by atoms with Crippen LogP contribution in [0.5, 0.6) is 0 Å². The Labute approximate surface area is 83.5 Å². The number of hydrogen-bond acceptors (Lipinski definition) is 0. The molecular formula is C8H22NTi-5. The molecule has 0 aliphatic rings. The van der Waals surface area contributed by atoms with Gasteiger partial charge in [0.2, 0.25) is 0 Å². The fourth-order valence-electron chi connectivity index (χ4n) is 0. The molecule has 0 aliphatic heterocycles. The fraction of sp³-hybridized carbons (Fsp3) is 0.500. The molecule has 0 atom stereocenters. The van der Waals surface area contributed by atoms with Crippen LogP contribution in [-0.4, -0.2) is 0 Å². The normalized spacial score (nSPS) is 2.40. The molecule has 0 unspecified atom stereocenters. The zero-order valence-corrected chi connectivity index (χ0v) is 9.47. The van der Waals surface area contributed by atoms with Crippen LogP contribution in [0.15, 0.2) is 0 Å². The van der Waals surface area contributed by atoms with Crippen LogP contribution in [-0.2, 0) is 21.7 Å². The summed E-state index contributed by atoms with van der Waals surface area (Å²) in [6, 6.07) is 0. The van der Waals surface area contributed by atoms with Gasteiger partial charge in [0.1, 0.15) is 0 Å². The molecule has 2 heteroatoms. The third-order valence-corrected chi connectivity index (χ3v) is 0. The van der Waals surface area contributed by atoms with Crippen molar-refractivity contribution in [2.45, 2.75) is 27.7 Å². The minimum atomic E-state index is 0. The summed E-state index contributed by atoms with van der Waals surface area (Å²) in [5.41, 5.74) is 0. The first-order valence-corrected chi connectivity index (χ1v) is 2.83. The summed E-state index contributed by atoms with van der Waals surface area (Å²) in [4.78, 5) is 0. The van der Waals surface area contributed by atoms with Gasteiger partial charge in [0.05, 0.1) is 0 Å². The van der Waals surface area contributed by atoms with Gasteiger partial charge in [-0.25, -0.2) is 0 Å². The van der Waals surface area contributed by atoms with Gasteiger partial charge in [-0.15, -0.1) is 0 Å². The van der Waals surface area contributed by atoms with Crippen molar-refractivity contribution in [2.24, 2.45) is 0 Å². The average Bonchev–Trinajstić information content (AvgIpc) is 2.03. The molecule has 0 amide bonds. The van der Waals surface area contributed by atoms with Crippen LogP contribution >= 0.6 is 0 Å². The van der Waals surface area contributed by atoms with E-state index in [0.717, 1.165) is 0 Å². The van der Waals surface area contributed by atoms with Crippen molar-refractivity contribution < 1.29 is 21.7 Å². The van der Waals surface area contributed by atoms with Crippen molar-refractivity contribution in [1.82, 2.24) is 0 Å². The third-order valence-electron chi connectivity index (χ3n) is 0. The first-order chi connectivity index (χ1) is 4.00. The molecule has 0 saturated carbocycles. The molecule has 1 nitrogen and oxygen atoms in total. The Morgan fingerprint density at radius 3 is 0.500 bits per heavy atom. The molecule has 0 fully saturated rings. The van der Waals surface area contributed by atoms with Crippen molar-refractivity contribution in [3.8, 4) is 0 Å². The van der Waals surface area contributed by atoms with Gasteiger partial charge in [0.15, 0.2) is 0 Å². The van der Waals surface area contributed by atoms with Gasteiger partial charge in [-0.05, 0) is 0 Å². The van der Waals surface area contributed by atoms with E-state index < -0.39 is 0 Å². The molecule has 68 valence electrons. The van der Waals surface area contributed by atoms with Crippen molar-refractivity contribution in [3.63, 3.8) is 0 Å². The molecule has 0 rings (SSSR count). The van der Waals surface area contributed by atoms with Crippen LogP contribution in [0, 0.1) is 27.7 Å². The van der Waals surface area contributed by atoms with E-state index in [2.05, 4.69) is 27.7 Å². The largest absolute Gasteiger partial charge is 0.693 e. The van der Waals surface area contributed by atoms with E-state index in [-0.39, 0.29) is 27.9 Å². The second-order valence-corrected chi connectivity index (χ2v) is 0. The second kappa shape index (κ2) is 1600. The van der Waals surface area contributed by atoms with Gasteiger partial charge >= 0.3 is 0 Å². The van der Waals surface area contributed by atoms with E-state index >= 15 is 0 Å². The zero-order chi connectivity index (χ0) is 8.00. The SMILES string of the molecule is [CH2-]C.[CH2-]C.[CH2-]C.[CH2-]C.[NH2-].[Ti]. The summed E-state index contributed by atoms with van der Waals surface area (Å²) in [5.74, 6) is 0. The molecule has 0 aliphatic carbocycles. The van der Waals surface area contributed by atoms with E-state index in [0.29, 0.717) is 0 Å². The topological polar surface area (TPSA) is 33.5 Å². The Kier molecular flexibility index (Phi) is 7320. The summed E-state index contributed by atoms with van der Waals surface area (Å²) >= 11 is 0. The first kappa shape index (κ1) is 45.7. The number of rotatable bonds is 0. The monoisotopic (exact) mass is 180 g/mol. The Morgan fingerprint density at radius 2 is 0.500 bits per heavy atom. The summed E-state index contributed by atoms with van der Waals surface area (Å²) in [7, 11) is 0. The predicted molar refractivity (Wildman–Crippen MR) is 49.4 cm³/mol. The maximum Gasteiger partial charge on any atom is 0 e. The van der Waals surface area contributed by atoms with E-state index in [9.17, 15) is 0 Å². The summed E-state index contributed by atoms with van der Waals surface area (Å²) in [6.07, 6.45) is 0. The molecule has 0 bridgehead atoms. The Morgan fingerprint density at radius 1 is 0.500 bits per heavy atom. The quantitative estimate of drug-likeness (QED) is 0.397. The van der Waals surface area contributed by atoms with Crippen LogP contribution in [0.4, 0.5) is 0 Å². The minimum absolute atomic E-state index is 0. The fourth-order valence-corrected chi connectivity index (χ4v) is 0. The van der Waals surface area contributed by atoms with Crippen molar-refractivity contribution >= 4 is 0 Å². The van der Waals surface area contributed by atoms with Crippen LogP contribution < -0.4 is 0 Å². The standard InChI is InChI=1S/4C2H5.H2N.Ti/c4*1-2;;/h4*1H2,2H3;1H2;/q5*-1;. The molecule has 0 saturated heterocycles. The van der Waals surface area contributed by atoms with Gasteiger partial charge in [-0.3, -0.25) is 0 Å². The summed E-state index contributed by atoms with van der Waals surface area (Å²) in [6.45, 7) is 20.0. The Balaban J connectivity index is -0.00000000500. The van der Waals surface area contributed by atoms with Gasteiger partial charge < -0.3 is 33.8 Å². The molecule has 0 radical (unpaired) electrons.